The number of hydrogen-bond donors (Lipinski definition) is 2. The Kier molecular flexibility index (Phi) is 7.83. The van der Waals surface area contributed by atoms with E-state index in [4.69, 9.17) is 38.7 Å². The molecule has 2 aromatic carbocycles. The topological polar surface area (TPSA) is 112 Å². The number of aryl methyl sites for hydroxylation is 2. The number of unbranched alkanes of at least 4 members (excludes halogenated alkanes) is 1. The van der Waals surface area contributed by atoms with E-state index in [-0.39, 0.29) is 16.5 Å². The van der Waals surface area contributed by atoms with Crippen molar-refractivity contribution >= 4 is 61.0 Å². The normalized spacial score (nSPS) is 12.1. The average Bonchev–Trinajstić information content (AvgIpc) is 3.19. The molecule has 0 radical (unpaired) electrons. The van der Waals surface area contributed by atoms with Crippen molar-refractivity contribution in [3.63, 3.8) is 0 Å². The monoisotopic (exact) mass is 535 g/mol. The number of methoxy groups -OCH3 is 1. The van der Waals surface area contributed by atoms with Gasteiger partial charge in [-0.3, -0.25) is 0 Å². The largest absolute Gasteiger partial charge is 0.384 e. The molecule has 11 heteroatoms. The molecule has 0 atom stereocenters. The van der Waals surface area contributed by atoms with Crippen LogP contribution < -0.4 is 10.5 Å². The zero-order valence-electron chi connectivity index (χ0n) is 19.5. The highest BCUT2D eigenvalue weighted by atomic mass is 35.5. The third-order valence-corrected chi connectivity index (χ3v) is 8.16. The molecule has 0 spiro atoms. The van der Waals surface area contributed by atoms with Crippen LogP contribution in [0.25, 0.3) is 21.9 Å². The van der Waals surface area contributed by atoms with Crippen molar-refractivity contribution in [1.82, 2.24) is 19.3 Å². The lowest BCUT2D eigenvalue weighted by Gasteiger charge is -2.12. The van der Waals surface area contributed by atoms with Crippen molar-refractivity contribution in [2.45, 2.75) is 37.6 Å². The fraction of sp³-hybridized carbons (Fsp3) is 0.333. The minimum Gasteiger partial charge on any atom is -0.384 e. The highest BCUT2D eigenvalue weighted by Crippen LogP contribution is 2.30. The molecule has 0 aliphatic rings. The number of hydrogen-bond acceptors (Lipinski definition) is 6. The fourth-order valence-corrected chi connectivity index (χ4v) is 5.95. The van der Waals surface area contributed by atoms with Crippen LogP contribution in [0, 0.1) is 6.92 Å². The number of nitrogens with two attached hydrogens (primary N) is 1. The van der Waals surface area contributed by atoms with Crippen LogP contribution in [0.1, 0.15) is 24.2 Å². The molecule has 2 heterocycles. The Morgan fingerprint density at radius 3 is 2.66 bits per heavy atom. The van der Waals surface area contributed by atoms with Gasteiger partial charge in [-0.05, 0) is 43.5 Å². The molecule has 2 aromatic heterocycles. The van der Waals surface area contributed by atoms with Crippen molar-refractivity contribution in [2.75, 3.05) is 26.0 Å². The first-order valence-corrected chi connectivity index (χ1v) is 13.4. The number of anilines is 1. The second-order valence-corrected chi connectivity index (χ2v) is 10.8. The maximum Gasteiger partial charge on any atom is 0.242 e. The predicted molar refractivity (Wildman–Crippen MR) is 141 cm³/mol. The van der Waals surface area contributed by atoms with Crippen LogP contribution in [0.3, 0.4) is 0 Å². The SMILES string of the molecule is COCCc1nc2c(N)nc3ccccc3c2n1CCCCNS(=O)(=O)c1cc(C)c(Cl)cc1Cl. The van der Waals surface area contributed by atoms with Crippen LogP contribution in [-0.4, -0.2) is 43.2 Å². The van der Waals surface area contributed by atoms with E-state index in [0.29, 0.717) is 47.9 Å². The van der Waals surface area contributed by atoms with Crippen LogP contribution in [0.2, 0.25) is 10.0 Å². The van der Waals surface area contributed by atoms with E-state index in [0.717, 1.165) is 28.7 Å². The molecule has 0 fully saturated rings. The Labute approximate surface area is 214 Å². The molecule has 0 amide bonds. The van der Waals surface area contributed by atoms with Gasteiger partial charge in [0.1, 0.15) is 16.2 Å². The number of para-hydroxylation sites is 1. The lowest BCUT2D eigenvalue weighted by Crippen LogP contribution is -2.25. The van der Waals surface area contributed by atoms with E-state index >= 15 is 0 Å². The highest BCUT2D eigenvalue weighted by molar-refractivity contribution is 7.89. The maximum atomic E-state index is 12.8. The fourth-order valence-electron chi connectivity index (χ4n) is 4.05. The van der Waals surface area contributed by atoms with Gasteiger partial charge in [0.2, 0.25) is 10.0 Å². The van der Waals surface area contributed by atoms with Gasteiger partial charge < -0.3 is 15.0 Å². The van der Waals surface area contributed by atoms with E-state index in [9.17, 15) is 8.42 Å². The zero-order chi connectivity index (χ0) is 25.2. The van der Waals surface area contributed by atoms with Gasteiger partial charge in [-0.25, -0.2) is 23.1 Å². The Morgan fingerprint density at radius 2 is 1.89 bits per heavy atom. The first kappa shape index (κ1) is 25.7. The molecule has 3 N–H and O–H groups in total. The molecule has 0 saturated carbocycles. The van der Waals surface area contributed by atoms with Crippen LogP contribution in [-0.2, 0) is 27.7 Å². The molecule has 4 aromatic rings. The number of aromatic nitrogens is 3. The van der Waals surface area contributed by atoms with Crippen molar-refractivity contribution in [3.05, 3.63) is 57.8 Å². The average molecular weight is 536 g/mol. The van der Waals surface area contributed by atoms with Crippen LogP contribution >= 0.6 is 23.2 Å². The first-order valence-electron chi connectivity index (χ1n) is 11.2. The standard InChI is InChI=1S/C24H27Cl2N5O3S/c1-15-13-20(18(26)14-17(15)25)35(32,33)28-10-5-6-11-31-21(9-12-34-2)30-22-23(31)16-7-3-4-8-19(16)29-24(22)27/h3-4,7-8,13-14,28H,5-6,9-12H2,1-2H3,(H2,27,29). The highest BCUT2D eigenvalue weighted by Gasteiger charge is 2.20. The number of halogens is 2. The van der Waals surface area contributed by atoms with Gasteiger partial charge in [0, 0.05) is 37.0 Å². The summed E-state index contributed by atoms with van der Waals surface area (Å²) in [7, 11) is -2.10. The molecular weight excluding hydrogens is 509 g/mol. The van der Waals surface area contributed by atoms with Gasteiger partial charge in [-0.2, -0.15) is 0 Å². The van der Waals surface area contributed by atoms with Gasteiger partial charge in [-0.15, -0.1) is 0 Å². The second-order valence-electron chi connectivity index (χ2n) is 8.27. The molecule has 0 bridgehead atoms. The van der Waals surface area contributed by atoms with Gasteiger partial charge >= 0.3 is 0 Å². The predicted octanol–water partition coefficient (Wildman–Crippen LogP) is 4.73. The molecule has 0 unspecified atom stereocenters. The van der Waals surface area contributed by atoms with Gasteiger partial charge in [0.15, 0.2) is 5.82 Å². The van der Waals surface area contributed by atoms with Crippen molar-refractivity contribution in [1.29, 1.82) is 0 Å². The first-order chi connectivity index (χ1) is 16.7. The quantitative estimate of drug-likeness (QED) is 0.284. The molecular formula is C24H27Cl2N5O3S. The molecule has 8 nitrogen and oxygen atoms in total. The summed E-state index contributed by atoms with van der Waals surface area (Å²) in [5.74, 6) is 1.25. The third kappa shape index (κ3) is 5.39. The number of ether oxygens (including phenoxy) is 1. The van der Waals surface area contributed by atoms with Crippen LogP contribution in [0.5, 0.6) is 0 Å². The Bertz CT molecular complexity index is 1490. The van der Waals surface area contributed by atoms with E-state index in [2.05, 4.69) is 14.3 Å². The third-order valence-electron chi connectivity index (χ3n) is 5.82. The summed E-state index contributed by atoms with van der Waals surface area (Å²) in [5.41, 5.74) is 9.29. The molecule has 0 aliphatic carbocycles. The van der Waals surface area contributed by atoms with Crippen LogP contribution in [0.4, 0.5) is 5.82 Å². The Balaban J connectivity index is 1.52. The van der Waals surface area contributed by atoms with Crippen LogP contribution in [0.15, 0.2) is 41.3 Å². The van der Waals surface area contributed by atoms with Crippen molar-refractivity contribution in [2.24, 2.45) is 0 Å². The lowest BCUT2D eigenvalue weighted by atomic mass is 10.2. The molecule has 0 aliphatic heterocycles. The van der Waals surface area contributed by atoms with Crippen molar-refractivity contribution < 1.29 is 13.2 Å². The summed E-state index contributed by atoms with van der Waals surface area (Å²) in [6, 6.07) is 10.8. The summed E-state index contributed by atoms with van der Waals surface area (Å²) in [6.07, 6.45) is 1.96. The summed E-state index contributed by atoms with van der Waals surface area (Å²) in [4.78, 5) is 9.28. The van der Waals surface area contributed by atoms with E-state index in [1.165, 1.54) is 12.1 Å². The molecule has 4 rings (SSSR count). The summed E-state index contributed by atoms with van der Waals surface area (Å²) in [5, 5.41) is 1.49. The number of benzene rings is 2. The van der Waals surface area contributed by atoms with Crippen molar-refractivity contribution in [3.8, 4) is 0 Å². The number of pyridine rings is 1. The number of imidazole rings is 1. The van der Waals surface area contributed by atoms with E-state index < -0.39 is 10.0 Å². The minimum absolute atomic E-state index is 0.0259. The number of fused-ring (bicyclic) bond motifs is 3. The Morgan fingerprint density at radius 1 is 1.11 bits per heavy atom. The number of nitrogens with one attached hydrogen (secondary N) is 1. The summed E-state index contributed by atoms with van der Waals surface area (Å²) < 4.78 is 35.5. The van der Waals surface area contributed by atoms with E-state index in [1.54, 1.807) is 14.0 Å². The number of sulfonamides is 1. The molecule has 0 saturated heterocycles. The molecule has 186 valence electrons. The number of rotatable bonds is 10. The molecule has 35 heavy (non-hydrogen) atoms. The number of nitrogen functional groups attached to an aromatic ring is 1. The maximum absolute atomic E-state index is 12.8. The number of nitrogens with zero attached hydrogens (tertiary/aromatic N) is 3. The smallest absolute Gasteiger partial charge is 0.242 e. The second kappa shape index (κ2) is 10.7. The summed E-state index contributed by atoms with van der Waals surface area (Å²) >= 11 is 12.2. The van der Waals surface area contributed by atoms with Gasteiger partial charge in [0.25, 0.3) is 0 Å². The van der Waals surface area contributed by atoms with Gasteiger partial charge in [0.05, 0.1) is 22.7 Å². The zero-order valence-corrected chi connectivity index (χ0v) is 21.8. The summed E-state index contributed by atoms with van der Waals surface area (Å²) in [6.45, 7) is 3.17. The minimum atomic E-state index is -3.75. The lowest BCUT2D eigenvalue weighted by molar-refractivity contribution is 0.199. The Hall–Kier alpha value is -2.43. The van der Waals surface area contributed by atoms with E-state index in [1.807, 2.05) is 24.3 Å². The van der Waals surface area contributed by atoms with Gasteiger partial charge in [-0.1, -0.05) is 41.4 Å².